The molecule has 0 aromatic carbocycles. The number of carbonyl (C=O) groups is 3. The first kappa shape index (κ1) is 21.7. The second-order valence-corrected chi connectivity index (χ2v) is 6.26. The first-order valence-electron chi connectivity index (χ1n) is 8.95. The molecule has 1 N–H and O–H groups in total. The third kappa shape index (κ3) is 5.31. The van der Waals surface area contributed by atoms with Crippen molar-refractivity contribution in [3.8, 4) is 0 Å². The summed E-state index contributed by atoms with van der Waals surface area (Å²) in [5, 5.41) is 9.45. The highest BCUT2D eigenvalue weighted by atomic mass is 16.5. The summed E-state index contributed by atoms with van der Waals surface area (Å²) in [6, 6.07) is 0. The maximum Gasteiger partial charge on any atom is 0.331 e. The number of carboxylic acid groups (broad SMARTS) is 1. The fourth-order valence-electron chi connectivity index (χ4n) is 2.85. The first-order chi connectivity index (χ1) is 12.4. The maximum absolute atomic E-state index is 12.6. The standard InChI is InChI=1S/C20H28O6/c1-5-6-7-8-9-10-11-14(20(23)24)12-15-13(2)16(21)18(25-3)19(26-4)17(15)22/h12H,5-11H2,1-4H3,(H,23,24)/b14-12+. The number of ketones is 2. The molecule has 0 spiro atoms. The second-order valence-electron chi connectivity index (χ2n) is 6.26. The van der Waals surface area contributed by atoms with Gasteiger partial charge in [0.25, 0.3) is 0 Å². The Morgan fingerprint density at radius 1 is 0.962 bits per heavy atom. The minimum Gasteiger partial charge on any atom is -0.489 e. The molecule has 0 saturated carbocycles. The summed E-state index contributed by atoms with van der Waals surface area (Å²) in [4.78, 5) is 36.5. The van der Waals surface area contributed by atoms with Crippen LogP contribution in [0.25, 0.3) is 0 Å². The van der Waals surface area contributed by atoms with Gasteiger partial charge in [0.15, 0.2) is 0 Å². The van der Waals surface area contributed by atoms with E-state index in [0.29, 0.717) is 6.42 Å². The highest BCUT2D eigenvalue weighted by Crippen LogP contribution is 2.28. The van der Waals surface area contributed by atoms with Gasteiger partial charge >= 0.3 is 5.97 Å². The van der Waals surface area contributed by atoms with Crippen molar-refractivity contribution in [2.45, 2.75) is 58.8 Å². The van der Waals surface area contributed by atoms with Gasteiger partial charge < -0.3 is 14.6 Å². The molecule has 0 aromatic heterocycles. The van der Waals surface area contributed by atoms with Gasteiger partial charge in [-0.3, -0.25) is 9.59 Å². The van der Waals surface area contributed by atoms with E-state index in [9.17, 15) is 19.5 Å². The zero-order chi connectivity index (χ0) is 19.7. The van der Waals surface area contributed by atoms with E-state index in [1.54, 1.807) is 0 Å². The lowest BCUT2D eigenvalue weighted by atomic mass is 9.91. The van der Waals surface area contributed by atoms with Crippen LogP contribution in [0.2, 0.25) is 0 Å². The Morgan fingerprint density at radius 2 is 1.50 bits per heavy atom. The summed E-state index contributed by atoms with van der Waals surface area (Å²) >= 11 is 0. The molecule has 26 heavy (non-hydrogen) atoms. The van der Waals surface area contributed by atoms with Gasteiger partial charge in [-0.05, 0) is 25.8 Å². The largest absolute Gasteiger partial charge is 0.489 e. The topological polar surface area (TPSA) is 89.9 Å². The van der Waals surface area contributed by atoms with Crippen LogP contribution >= 0.6 is 0 Å². The van der Waals surface area contributed by atoms with Gasteiger partial charge in [-0.15, -0.1) is 0 Å². The van der Waals surface area contributed by atoms with Crippen LogP contribution in [0.15, 0.2) is 34.3 Å². The molecule has 1 aliphatic carbocycles. The van der Waals surface area contributed by atoms with Gasteiger partial charge in [0.1, 0.15) is 0 Å². The average molecular weight is 364 g/mol. The molecular formula is C20H28O6. The van der Waals surface area contributed by atoms with Crippen LogP contribution in [0, 0.1) is 0 Å². The van der Waals surface area contributed by atoms with Crippen molar-refractivity contribution in [3.05, 3.63) is 34.3 Å². The number of Topliss-reactive ketones (excluding diaryl/α,β-unsaturated/α-hetero) is 2. The summed E-state index contributed by atoms with van der Waals surface area (Å²) in [7, 11) is 2.56. The predicted molar refractivity (Wildman–Crippen MR) is 97.5 cm³/mol. The molecular weight excluding hydrogens is 336 g/mol. The van der Waals surface area contributed by atoms with E-state index in [1.165, 1.54) is 33.6 Å². The molecule has 1 aliphatic rings. The van der Waals surface area contributed by atoms with E-state index in [0.717, 1.165) is 32.1 Å². The number of aliphatic carboxylic acids is 1. The van der Waals surface area contributed by atoms with E-state index in [4.69, 9.17) is 9.47 Å². The Kier molecular flexibility index (Phi) is 8.82. The first-order valence-corrected chi connectivity index (χ1v) is 8.95. The van der Waals surface area contributed by atoms with Gasteiger partial charge in [-0.25, -0.2) is 4.79 Å². The molecule has 0 atom stereocenters. The molecule has 0 aromatic rings. The number of methoxy groups -OCH3 is 2. The molecule has 0 amide bonds. The normalized spacial score (nSPS) is 15.6. The van der Waals surface area contributed by atoms with Crippen molar-refractivity contribution in [2.24, 2.45) is 0 Å². The predicted octanol–water partition coefficient (Wildman–Crippen LogP) is 3.72. The highest BCUT2D eigenvalue weighted by Gasteiger charge is 2.34. The molecule has 0 aliphatic heterocycles. The molecule has 6 nitrogen and oxygen atoms in total. The zero-order valence-electron chi connectivity index (χ0n) is 16.0. The van der Waals surface area contributed by atoms with E-state index in [1.807, 2.05) is 0 Å². The zero-order valence-corrected chi connectivity index (χ0v) is 16.0. The van der Waals surface area contributed by atoms with Crippen molar-refractivity contribution in [3.63, 3.8) is 0 Å². The summed E-state index contributed by atoms with van der Waals surface area (Å²) in [6.45, 7) is 3.63. The smallest absolute Gasteiger partial charge is 0.331 e. The van der Waals surface area contributed by atoms with E-state index in [-0.39, 0.29) is 28.2 Å². The third-order valence-electron chi connectivity index (χ3n) is 4.41. The molecule has 1 rings (SSSR count). The van der Waals surface area contributed by atoms with Gasteiger partial charge in [0, 0.05) is 16.7 Å². The fourth-order valence-corrected chi connectivity index (χ4v) is 2.85. The number of hydrogen-bond donors (Lipinski definition) is 1. The molecule has 6 heteroatoms. The molecule has 0 unspecified atom stereocenters. The molecule has 0 fully saturated rings. The van der Waals surface area contributed by atoms with Crippen molar-refractivity contribution >= 4 is 17.5 Å². The van der Waals surface area contributed by atoms with Crippen molar-refractivity contribution in [2.75, 3.05) is 14.2 Å². The number of ether oxygens (including phenoxy) is 2. The number of hydrogen-bond acceptors (Lipinski definition) is 5. The monoisotopic (exact) mass is 364 g/mol. The Labute approximate surface area is 154 Å². The fraction of sp³-hybridized carbons (Fsp3) is 0.550. The van der Waals surface area contributed by atoms with Crippen molar-refractivity contribution < 1.29 is 29.0 Å². The minimum atomic E-state index is -1.08. The SMILES string of the molecule is CCCCCCCC/C(=C\C1=C(C)C(=O)C(OC)=C(OC)C1=O)C(=O)O. The highest BCUT2D eigenvalue weighted by molar-refractivity contribution is 6.24. The van der Waals surface area contributed by atoms with Gasteiger partial charge in [0.05, 0.1) is 14.2 Å². The molecule has 0 bridgehead atoms. The number of allylic oxidation sites excluding steroid dienone is 3. The van der Waals surface area contributed by atoms with E-state index < -0.39 is 17.5 Å². The van der Waals surface area contributed by atoms with Crippen LogP contribution in [0.1, 0.15) is 58.8 Å². The second kappa shape index (κ2) is 10.6. The van der Waals surface area contributed by atoms with Crippen molar-refractivity contribution in [1.29, 1.82) is 0 Å². The Morgan fingerprint density at radius 3 is 2.04 bits per heavy atom. The number of rotatable bonds is 11. The minimum absolute atomic E-state index is 0.0519. The summed E-state index contributed by atoms with van der Waals surface area (Å²) in [5.41, 5.74) is 0.331. The average Bonchev–Trinajstić information content (AvgIpc) is 2.62. The Hall–Kier alpha value is -2.37. The maximum atomic E-state index is 12.6. The Balaban J connectivity index is 2.98. The van der Waals surface area contributed by atoms with Crippen LogP contribution in [-0.2, 0) is 23.9 Å². The van der Waals surface area contributed by atoms with Gasteiger partial charge in [-0.1, -0.05) is 39.0 Å². The van der Waals surface area contributed by atoms with Crippen molar-refractivity contribution in [1.82, 2.24) is 0 Å². The number of carboxylic acids is 1. The van der Waals surface area contributed by atoms with Crippen LogP contribution in [0.3, 0.4) is 0 Å². The number of unbranched alkanes of at least 4 members (excludes halogenated alkanes) is 5. The van der Waals surface area contributed by atoms with E-state index >= 15 is 0 Å². The molecule has 0 radical (unpaired) electrons. The molecule has 0 saturated heterocycles. The molecule has 144 valence electrons. The number of carbonyl (C=O) groups excluding carboxylic acids is 2. The van der Waals surface area contributed by atoms with Crippen LogP contribution in [-0.4, -0.2) is 36.9 Å². The quantitative estimate of drug-likeness (QED) is 0.341. The molecule has 0 heterocycles. The van der Waals surface area contributed by atoms with Crippen LogP contribution < -0.4 is 0 Å². The lowest BCUT2D eigenvalue weighted by Crippen LogP contribution is -2.24. The van der Waals surface area contributed by atoms with E-state index in [2.05, 4.69) is 6.92 Å². The lowest BCUT2D eigenvalue weighted by molar-refractivity contribution is -0.132. The third-order valence-corrected chi connectivity index (χ3v) is 4.41. The Bertz CT molecular complexity index is 651. The van der Waals surface area contributed by atoms with Crippen LogP contribution in [0.5, 0.6) is 0 Å². The summed E-state index contributed by atoms with van der Waals surface area (Å²) in [5.74, 6) is -2.44. The van der Waals surface area contributed by atoms with Gasteiger partial charge in [-0.2, -0.15) is 0 Å². The summed E-state index contributed by atoms with van der Waals surface area (Å²) in [6.07, 6.45) is 7.85. The van der Waals surface area contributed by atoms with Crippen LogP contribution in [0.4, 0.5) is 0 Å². The lowest BCUT2D eigenvalue weighted by Gasteiger charge is -2.19. The van der Waals surface area contributed by atoms with Gasteiger partial charge in [0.2, 0.25) is 23.1 Å². The summed E-state index contributed by atoms with van der Waals surface area (Å²) < 4.78 is 9.98.